The lowest BCUT2D eigenvalue weighted by Gasteiger charge is -2.39. The Morgan fingerprint density at radius 1 is 1.15 bits per heavy atom. The molecule has 1 fully saturated rings. The number of hydrogen-bond acceptors (Lipinski definition) is 4. The molecule has 5 nitrogen and oxygen atoms in total. The van der Waals surface area contributed by atoms with E-state index in [1.54, 1.807) is 20.3 Å². The van der Waals surface area contributed by atoms with Gasteiger partial charge in [0.2, 0.25) is 0 Å². The SMILES string of the molecule is C/C=C/c1cc(C(=O)NCC2(N(C)C)CCCCCC2)cc(OC)c1OC. The van der Waals surface area contributed by atoms with Gasteiger partial charge in [0, 0.05) is 23.2 Å². The highest BCUT2D eigenvalue weighted by molar-refractivity contribution is 5.96. The van der Waals surface area contributed by atoms with E-state index >= 15 is 0 Å². The molecule has 1 aromatic carbocycles. The first-order valence-corrected chi connectivity index (χ1v) is 9.82. The van der Waals surface area contributed by atoms with Gasteiger partial charge >= 0.3 is 0 Å². The second kappa shape index (κ2) is 9.79. The first kappa shape index (κ1) is 21.3. The summed E-state index contributed by atoms with van der Waals surface area (Å²) in [6.07, 6.45) is 11.1. The lowest BCUT2D eigenvalue weighted by Crippen LogP contribution is -2.52. The Labute approximate surface area is 163 Å². The molecule has 1 N–H and O–H groups in total. The van der Waals surface area contributed by atoms with Gasteiger partial charge in [-0.2, -0.15) is 0 Å². The summed E-state index contributed by atoms with van der Waals surface area (Å²) in [6.45, 7) is 2.59. The Morgan fingerprint density at radius 2 is 1.81 bits per heavy atom. The monoisotopic (exact) mass is 374 g/mol. The van der Waals surface area contributed by atoms with Crippen molar-refractivity contribution in [2.45, 2.75) is 51.0 Å². The van der Waals surface area contributed by atoms with E-state index < -0.39 is 0 Å². The fourth-order valence-corrected chi connectivity index (χ4v) is 3.94. The Morgan fingerprint density at radius 3 is 2.33 bits per heavy atom. The van der Waals surface area contributed by atoms with Gasteiger partial charge in [-0.15, -0.1) is 0 Å². The van der Waals surface area contributed by atoms with Crippen molar-refractivity contribution in [1.82, 2.24) is 10.2 Å². The van der Waals surface area contributed by atoms with Crippen molar-refractivity contribution in [1.29, 1.82) is 0 Å². The number of rotatable bonds is 7. The third-order valence-corrected chi connectivity index (χ3v) is 5.68. The van der Waals surface area contributed by atoms with Gasteiger partial charge in [0.15, 0.2) is 11.5 Å². The lowest BCUT2D eigenvalue weighted by atomic mass is 9.88. The van der Waals surface area contributed by atoms with Crippen LogP contribution < -0.4 is 14.8 Å². The smallest absolute Gasteiger partial charge is 0.251 e. The summed E-state index contributed by atoms with van der Waals surface area (Å²) >= 11 is 0. The summed E-state index contributed by atoms with van der Waals surface area (Å²) in [5.41, 5.74) is 1.46. The van der Waals surface area contributed by atoms with Crippen molar-refractivity contribution in [3.05, 3.63) is 29.3 Å². The molecule has 0 unspecified atom stereocenters. The highest BCUT2D eigenvalue weighted by atomic mass is 16.5. The quantitative estimate of drug-likeness (QED) is 0.730. The normalized spacial score (nSPS) is 17.0. The third-order valence-electron chi connectivity index (χ3n) is 5.68. The highest BCUT2D eigenvalue weighted by Crippen LogP contribution is 2.34. The zero-order valence-electron chi connectivity index (χ0n) is 17.4. The number of hydrogen-bond donors (Lipinski definition) is 1. The lowest BCUT2D eigenvalue weighted by molar-refractivity contribution is 0.0868. The third kappa shape index (κ3) is 5.04. The highest BCUT2D eigenvalue weighted by Gasteiger charge is 2.33. The summed E-state index contributed by atoms with van der Waals surface area (Å²) in [6, 6.07) is 3.60. The fourth-order valence-electron chi connectivity index (χ4n) is 3.94. The average molecular weight is 375 g/mol. The number of carbonyl (C=O) groups is 1. The zero-order valence-corrected chi connectivity index (χ0v) is 17.4. The van der Waals surface area contributed by atoms with Crippen LogP contribution in [0.5, 0.6) is 11.5 Å². The molecule has 0 bridgehead atoms. The molecule has 1 aliphatic carbocycles. The molecule has 150 valence electrons. The van der Waals surface area contributed by atoms with E-state index in [9.17, 15) is 4.79 Å². The van der Waals surface area contributed by atoms with Gasteiger partial charge in [0.05, 0.1) is 14.2 Å². The van der Waals surface area contributed by atoms with Crippen molar-refractivity contribution in [2.24, 2.45) is 0 Å². The van der Waals surface area contributed by atoms with Crippen LogP contribution in [0.1, 0.15) is 61.4 Å². The van der Waals surface area contributed by atoms with Crippen molar-refractivity contribution in [2.75, 3.05) is 34.9 Å². The number of methoxy groups -OCH3 is 2. The molecule has 0 radical (unpaired) electrons. The number of nitrogens with one attached hydrogen (secondary N) is 1. The Kier molecular flexibility index (Phi) is 7.72. The fraction of sp³-hybridized carbons (Fsp3) is 0.591. The first-order chi connectivity index (χ1) is 13.0. The topological polar surface area (TPSA) is 50.8 Å². The largest absolute Gasteiger partial charge is 0.493 e. The van der Waals surface area contributed by atoms with E-state index in [4.69, 9.17) is 9.47 Å². The molecule has 1 saturated carbocycles. The molecular weight excluding hydrogens is 340 g/mol. The van der Waals surface area contributed by atoms with E-state index in [2.05, 4.69) is 24.3 Å². The van der Waals surface area contributed by atoms with Crippen LogP contribution in [-0.4, -0.2) is 51.2 Å². The van der Waals surface area contributed by atoms with Gasteiger partial charge in [-0.3, -0.25) is 4.79 Å². The van der Waals surface area contributed by atoms with Gasteiger partial charge in [0.1, 0.15) is 0 Å². The molecular formula is C22H34N2O3. The van der Waals surface area contributed by atoms with E-state index in [1.165, 1.54) is 25.7 Å². The molecule has 0 atom stereocenters. The van der Waals surface area contributed by atoms with Gasteiger partial charge < -0.3 is 19.7 Å². The van der Waals surface area contributed by atoms with Crippen LogP contribution in [-0.2, 0) is 0 Å². The predicted molar refractivity (Wildman–Crippen MR) is 111 cm³/mol. The molecule has 0 aliphatic heterocycles. The Balaban J connectivity index is 2.22. The van der Waals surface area contributed by atoms with Gasteiger partial charge in [-0.1, -0.05) is 37.8 Å². The second-order valence-corrected chi connectivity index (χ2v) is 7.52. The van der Waals surface area contributed by atoms with E-state index in [0.29, 0.717) is 23.6 Å². The maximum atomic E-state index is 12.9. The number of ether oxygens (including phenoxy) is 2. The average Bonchev–Trinajstić information content (AvgIpc) is 2.92. The minimum atomic E-state index is -0.0767. The molecule has 1 aromatic rings. The number of benzene rings is 1. The number of nitrogens with zero attached hydrogens (tertiary/aromatic N) is 1. The molecule has 1 aliphatic rings. The van der Waals surface area contributed by atoms with E-state index in [0.717, 1.165) is 18.4 Å². The van der Waals surface area contributed by atoms with Crippen LogP contribution in [0.15, 0.2) is 18.2 Å². The summed E-state index contributed by atoms with van der Waals surface area (Å²) in [5, 5.41) is 3.18. The number of carbonyl (C=O) groups excluding carboxylic acids is 1. The maximum absolute atomic E-state index is 12.9. The molecule has 0 heterocycles. The van der Waals surface area contributed by atoms with E-state index in [1.807, 2.05) is 25.1 Å². The molecule has 1 amide bonds. The number of likely N-dealkylation sites (N-methyl/N-ethyl adjacent to an activating group) is 1. The van der Waals surface area contributed by atoms with E-state index in [-0.39, 0.29) is 11.4 Å². The molecule has 0 aromatic heterocycles. The zero-order chi connectivity index (χ0) is 19.9. The number of amides is 1. The van der Waals surface area contributed by atoms with Gasteiger partial charge in [-0.25, -0.2) is 0 Å². The maximum Gasteiger partial charge on any atom is 0.251 e. The standard InChI is InChI=1S/C22H34N2O3/c1-6-11-17-14-18(15-19(26-4)20(17)27-5)21(25)23-16-22(24(2)3)12-9-7-8-10-13-22/h6,11,14-15H,7-10,12-13,16H2,1-5H3,(H,23,25)/b11-6+. The number of allylic oxidation sites excluding steroid dienone is 1. The van der Waals surface area contributed by atoms with Crippen LogP contribution in [0, 0.1) is 0 Å². The van der Waals surface area contributed by atoms with Crippen molar-refractivity contribution >= 4 is 12.0 Å². The van der Waals surface area contributed by atoms with Crippen molar-refractivity contribution < 1.29 is 14.3 Å². The van der Waals surface area contributed by atoms with Crippen LogP contribution in [0.4, 0.5) is 0 Å². The Hall–Kier alpha value is -2.01. The summed E-state index contributed by atoms with van der Waals surface area (Å²) < 4.78 is 10.9. The predicted octanol–water partition coefficient (Wildman–Crippen LogP) is 4.12. The molecule has 5 heteroatoms. The summed E-state index contributed by atoms with van der Waals surface area (Å²) in [7, 11) is 7.44. The van der Waals surface area contributed by atoms with Crippen LogP contribution in [0.3, 0.4) is 0 Å². The van der Waals surface area contributed by atoms with Gasteiger partial charge in [-0.05, 0) is 46.0 Å². The van der Waals surface area contributed by atoms with Crippen LogP contribution >= 0.6 is 0 Å². The van der Waals surface area contributed by atoms with Gasteiger partial charge in [0.25, 0.3) is 5.91 Å². The minimum Gasteiger partial charge on any atom is -0.493 e. The molecule has 27 heavy (non-hydrogen) atoms. The second-order valence-electron chi connectivity index (χ2n) is 7.52. The van der Waals surface area contributed by atoms with Crippen LogP contribution in [0.25, 0.3) is 6.08 Å². The van der Waals surface area contributed by atoms with Crippen LogP contribution in [0.2, 0.25) is 0 Å². The molecule has 2 rings (SSSR count). The Bertz CT molecular complexity index is 660. The summed E-state index contributed by atoms with van der Waals surface area (Å²) in [4.78, 5) is 15.2. The first-order valence-electron chi connectivity index (χ1n) is 9.82. The summed E-state index contributed by atoms with van der Waals surface area (Å²) in [5.74, 6) is 1.13. The van der Waals surface area contributed by atoms with Crippen molar-refractivity contribution in [3.8, 4) is 11.5 Å². The van der Waals surface area contributed by atoms with Crippen molar-refractivity contribution in [3.63, 3.8) is 0 Å². The molecule has 0 spiro atoms. The minimum absolute atomic E-state index is 0.0366. The molecule has 0 saturated heterocycles.